The molecular formula is C18H20N2O6. The number of methoxy groups -OCH3 is 4. The molecule has 0 saturated carbocycles. The Bertz CT molecular complexity index is 762. The first-order valence-corrected chi connectivity index (χ1v) is 7.60. The molecule has 0 saturated heterocycles. The standard InChI is InChI=1S/C18H20N2O6/c1-23-11-7-5-8-12(24-2)15(11)17(21)20-18(22)19-16-13(25-3)9-6-10-14(16)26-4/h5-10H,1-4H3,(H2,19,20,21,22). The van der Waals surface area contributed by atoms with Gasteiger partial charge in [0.1, 0.15) is 34.2 Å². The molecule has 0 aliphatic carbocycles. The van der Waals surface area contributed by atoms with Crippen molar-refractivity contribution in [3.8, 4) is 23.0 Å². The van der Waals surface area contributed by atoms with Crippen molar-refractivity contribution in [1.82, 2.24) is 5.32 Å². The molecule has 0 atom stereocenters. The van der Waals surface area contributed by atoms with E-state index in [0.717, 1.165) is 0 Å². The molecule has 0 bridgehead atoms. The second kappa shape index (κ2) is 8.61. The van der Waals surface area contributed by atoms with Gasteiger partial charge in [-0.2, -0.15) is 0 Å². The third kappa shape index (κ3) is 3.97. The van der Waals surface area contributed by atoms with Crippen molar-refractivity contribution in [3.63, 3.8) is 0 Å². The minimum atomic E-state index is -0.759. The molecule has 8 heteroatoms. The number of carbonyl (C=O) groups excluding carboxylic acids is 2. The van der Waals surface area contributed by atoms with Crippen LogP contribution in [0.1, 0.15) is 10.4 Å². The molecule has 26 heavy (non-hydrogen) atoms. The second-order valence-electron chi connectivity index (χ2n) is 4.98. The van der Waals surface area contributed by atoms with Crippen molar-refractivity contribution in [3.05, 3.63) is 42.0 Å². The van der Waals surface area contributed by atoms with E-state index < -0.39 is 11.9 Å². The topological polar surface area (TPSA) is 95.1 Å². The summed E-state index contributed by atoms with van der Waals surface area (Å²) in [6.45, 7) is 0. The van der Waals surface area contributed by atoms with Crippen LogP contribution in [0.3, 0.4) is 0 Å². The maximum absolute atomic E-state index is 12.5. The number of imide groups is 1. The molecule has 8 nitrogen and oxygen atoms in total. The highest BCUT2D eigenvalue weighted by Gasteiger charge is 2.21. The number of hydrogen-bond acceptors (Lipinski definition) is 6. The first kappa shape index (κ1) is 18.9. The Morgan fingerprint density at radius 1 is 0.731 bits per heavy atom. The number of amides is 3. The maximum Gasteiger partial charge on any atom is 0.326 e. The van der Waals surface area contributed by atoms with Crippen LogP contribution in [-0.2, 0) is 0 Å². The van der Waals surface area contributed by atoms with Crippen LogP contribution in [0.2, 0.25) is 0 Å². The fourth-order valence-electron chi connectivity index (χ4n) is 2.36. The number of rotatable bonds is 6. The van der Waals surface area contributed by atoms with E-state index in [9.17, 15) is 9.59 Å². The lowest BCUT2D eigenvalue weighted by Crippen LogP contribution is -2.35. The number of carbonyl (C=O) groups is 2. The predicted molar refractivity (Wildman–Crippen MR) is 95.6 cm³/mol. The van der Waals surface area contributed by atoms with Crippen LogP contribution in [0.4, 0.5) is 10.5 Å². The van der Waals surface area contributed by atoms with Gasteiger partial charge in [0.25, 0.3) is 5.91 Å². The molecule has 0 unspecified atom stereocenters. The number of ether oxygens (including phenoxy) is 4. The number of hydrogen-bond donors (Lipinski definition) is 2. The molecule has 2 rings (SSSR count). The van der Waals surface area contributed by atoms with Gasteiger partial charge in [-0.3, -0.25) is 10.1 Å². The Hall–Kier alpha value is -3.42. The largest absolute Gasteiger partial charge is 0.496 e. The third-order valence-corrected chi connectivity index (χ3v) is 3.55. The fraction of sp³-hybridized carbons (Fsp3) is 0.222. The molecule has 3 amide bonds. The summed E-state index contributed by atoms with van der Waals surface area (Å²) < 4.78 is 20.7. The highest BCUT2D eigenvalue weighted by molar-refractivity contribution is 6.11. The van der Waals surface area contributed by atoms with Crippen molar-refractivity contribution in [2.45, 2.75) is 0 Å². The quantitative estimate of drug-likeness (QED) is 0.822. The van der Waals surface area contributed by atoms with Crippen LogP contribution < -0.4 is 29.6 Å². The molecular weight excluding hydrogens is 340 g/mol. The van der Waals surface area contributed by atoms with Gasteiger partial charge < -0.3 is 24.3 Å². The average Bonchev–Trinajstić information content (AvgIpc) is 2.67. The van der Waals surface area contributed by atoms with Crippen molar-refractivity contribution in [1.29, 1.82) is 0 Å². The summed E-state index contributed by atoms with van der Waals surface area (Å²) in [6.07, 6.45) is 0. The van der Waals surface area contributed by atoms with Crippen molar-refractivity contribution >= 4 is 17.6 Å². The van der Waals surface area contributed by atoms with E-state index in [1.807, 2.05) is 0 Å². The zero-order chi connectivity index (χ0) is 19.1. The van der Waals surface area contributed by atoms with Gasteiger partial charge in [-0.25, -0.2) is 4.79 Å². The normalized spacial score (nSPS) is 9.85. The van der Waals surface area contributed by atoms with E-state index >= 15 is 0 Å². The van der Waals surface area contributed by atoms with Gasteiger partial charge in [0.2, 0.25) is 0 Å². The second-order valence-corrected chi connectivity index (χ2v) is 4.98. The molecule has 0 spiro atoms. The molecule has 0 aromatic heterocycles. The molecule has 0 heterocycles. The van der Waals surface area contributed by atoms with Gasteiger partial charge in [0.05, 0.1) is 28.4 Å². The Labute approximate surface area is 151 Å². The molecule has 0 aliphatic heterocycles. The lowest BCUT2D eigenvalue weighted by atomic mass is 10.1. The summed E-state index contributed by atoms with van der Waals surface area (Å²) in [5.74, 6) is 0.670. The third-order valence-electron chi connectivity index (χ3n) is 3.55. The van der Waals surface area contributed by atoms with Crippen molar-refractivity contribution in [2.75, 3.05) is 33.8 Å². The highest BCUT2D eigenvalue weighted by atomic mass is 16.5. The molecule has 2 N–H and O–H groups in total. The average molecular weight is 360 g/mol. The van der Waals surface area contributed by atoms with E-state index in [1.54, 1.807) is 36.4 Å². The first-order chi connectivity index (χ1) is 12.5. The molecule has 2 aromatic carbocycles. The minimum Gasteiger partial charge on any atom is -0.496 e. The molecule has 138 valence electrons. The SMILES string of the molecule is COc1cccc(OC)c1NC(=O)NC(=O)c1c(OC)cccc1OC. The van der Waals surface area contributed by atoms with E-state index in [1.165, 1.54) is 28.4 Å². The van der Waals surface area contributed by atoms with Crippen molar-refractivity contribution in [2.24, 2.45) is 0 Å². The summed E-state index contributed by atoms with van der Waals surface area (Å²) in [7, 11) is 5.77. The van der Waals surface area contributed by atoms with Crippen LogP contribution in [0.25, 0.3) is 0 Å². The Kier molecular flexibility index (Phi) is 6.26. The van der Waals surface area contributed by atoms with Crippen LogP contribution >= 0.6 is 0 Å². The lowest BCUT2D eigenvalue weighted by molar-refractivity contribution is 0.0961. The van der Waals surface area contributed by atoms with E-state index in [-0.39, 0.29) is 17.1 Å². The lowest BCUT2D eigenvalue weighted by Gasteiger charge is -2.15. The minimum absolute atomic E-state index is 0.111. The number of benzene rings is 2. The van der Waals surface area contributed by atoms with E-state index in [0.29, 0.717) is 17.2 Å². The fourth-order valence-corrected chi connectivity index (χ4v) is 2.36. The zero-order valence-electron chi connectivity index (χ0n) is 14.9. The highest BCUT2D eigenvalue weighted by Crippen LogP contribution is 2.34. The summed E-state index contributed by atoms with van der Waals surface area (Å²) in [6, 6.07) is 9.13. The van der Waals surface area contributed by atoms with E-state index in [4.69, 9.17) is 18.9 Å². The van der Waals surface area contributed by atoms with Gasteiger partial charge in [-0.15, -0.1) is 0 Å². The Balaban J connectivity index is 2.23. The van der Waals surface area contributed by atoms with Crippen LogP contribution in [0, 0.1) is 0 Å². The number of nitrogens with one attached hydrogen (secondary N) is 2. The number of anilines is 1. The molecule has 0 radical (unpaired) electrons. The van der Waals surface area contributed by atoms with Crippen molar-refractivity contribution < 1.29 is 28.5 Å². The predicted octanol–water partition coefficient (Wildman–Crippen LogP) is 2.68. The summed E-state index contributed by atoms with van der Waals surface area (Å²) in [4.78, 5) is 24.8. The maximum atomic E-state index is 12.5. The molecule has 0 aliphatic rings. The van der Waals surface area contributed by atoms with Crippen LogP contribution in [0.5, 0.6) is 23.0 Å². The van der Waals surface area contributed by atoms with Crippen LogP contribution in [0.15, 0.2) is 36.4 Å². The first-order valence-electron chi connectivity index (χ1n) is 7.60. The monoisotopic (exact) mass is 360 g/mol. The number of urea groups is 1. The van der Waals surface area contributed by atoms with Gasteiger partial charge >= 0.3 is 6.03 Å². The van der Waals surface area contributed by atoms with Gasteiger partial charge in [0.15, 0.2) is 0 Å². The molecule has 0 fully saturated rings. The number of para-hydroxylation sites is 1. The van der Waals surface area contributed by atoms with Gasteiger partial charge in [0, 0.05) is 0 Å². The molecule has 2 aromatic rings. The van der Waals surface area contributed by atoms with E-state index in [2.05, 4.69) is 10.6 Å². The summed E-state index contributed by atoms with van der Waals surface area (Å²) in [5.41, 5.74) is 0.412. The van der Waals surface area contributed by atoms with Gasteiger partial charge in [-0.05, 0) is 24.3 Å². The summed E-state index contributed by atoms with van der Waals surface area (Å²) >= 11 is 0. The Morgan fingerprint density at radius 3 is 1.58 bits per heavy atom. The smallest absolute Gasteiger partial charge is 0.326 e. The zero-order valence-corrected chi connectivity index (χ0v) is 14.9. The summed E-state index contributed by atoms with van der Waals surface area (Å²) in [5, 5.41) is 4.79. The Morgan fingerprint density at radius 2 is 1.15 bits per heavy atom. The van der Waals surface area contributed by atoms with Crippen LogP contribution in [-0.4, -0.2) is 40.4 Å². The van der Waals surface area contributed by atoms with Gasteiger partial charge in [-0.1, -0.05) is 12.1 Å².